The number of hydrogen-bond acceptors (Lipinski definition) is 8. The number of anilines is 4. The van der Waals surface area contributed by atoms with E-state index < -0.39 is 0 Å². The first-order valence-corrected chi connectivity index (χ1v) is 11.6. The van der Waals surface area contributed by atoms with Crippen molar-refractivity contribution in [3.8, 4) is 0 Å². The van der Waals surface area contributed by atoms with Gasteiger partial charge in [-0.3, -0.25) is 4.90 Å². The summed E-state index contributed by atoms with van der Waals surface area (Å²) in [5.41, 5.74) is 4.42. The third-order valence-corrected chi connectivity index (χ3v) is 6.46. The van der Waals surface area contributed by atoms with Crippen LogP contribution in [0.2, 0.25) is 0 Å². The van der Waals surface area contributed by atoms with Gasteiger partial charge < -0.3 is 15.0 Å². The van der Waals surface area contributed by atoms with Gasteiger partial charge in [-0.15, -0.1) is 0 Å². The van der Waals surface area contributed by atoms with Crippen LogP contribution in [0.4, 0.5) is 22.5 Å². The van der Waals surface area contributed by atoms with Crippen molar-refractivity contribution in [1.82, 2.24) is 19.9 Å². The quantitative estimate of drug-likeness (QED) is 0.459. The number of ether oxygens (including phenoxy) is 1. The minimum absolute atomic E-state index is 0.784. The molecule has 1 aliphatic heterocycles. The number of hydrogen-bond donors (Lipinski definition) is 1. The number of nitrogens with one attached hydrogen (secondary N) is 1. The Morgan fingerprint density at radius 3 is 2.59 bits per heavy atom. The Hall–Kier alpha value is -3.07. The molecular weight excluding hydrogens is 420 g/mol. The average Bonchev–Trinajstić information content (AvgIpc) is 3.22. The molecule has 1 aliphatic rings. The second-order valence-corrected chi connectivity index (χ2v) is 8.95. The van der Waals surface area contributed by atoms with Crippen molar-refractivity contribution >= 4 is 44.1 Å². The second kappa shape index (κ2) is 9.20. The molecule has 0 atom stereocenters. The zero-order chi connectivity index (χ0) is 21.9. The fraction of sp³-hybridized carbons (Fsp3) is 0.292. The summed E-state index contributed by atoms with van der Waals surface area (Å²) in [5.74, 6) is 1.67. The summed E-state index contributed by atoms with van der Waals surface area (Å²) in [6, 6.07) is 16.6. The summed E-state index contributed by atoms with van der Waals surface area (Å²) in [6.07, 6.45) is 1.93. The van der Waals surface area contributed by atoms with E-state index in [-0.39, 0.29) is 0 Å². The van der Waals surface area contributed by atoms with Crippen molar-refractivity contribution in [3.05, 3.63) is 65.9 Å². The predicted octanol–water partition coefficient (Wildman–Crippen LogP) is 4.74. The molecule has 164 valence electrons. The Balaban J connectivity index is 1.28. The number of fused-ring (bicyclic) bond motifs is 1. The van der Waals surface area contributed by atoms with Crippen molar-refractivity contribution in [2.45, 2.75) is 13.5 Å². The summed E-state index contributed by atoms with van der Waals surface area (Å²) < 4.78 is 5.41. The third-order valence-electron chi connectivity index (χ3n) is 5.58. The van der Waals surface area contributed by atoms with Crippen molar-refractivity contribution in [3.63, 3.8) is 0 Å². The molecule has 1 aromatic carbocycles. The molecule has 4 aromatic rings. The summed E-state index contributed by atoms with van der Waals surface area (Å²) >= 11 is 1.53. The van der Waals surface area contributed by atoms with Crippen LogP contribution in [0.15, 0.2) is 54.7 Å². The van der Waals surface area contributed by atoms with Gasteiger partial charge in [0, 0.05) is 38.6 Å². The largest absolute Gasteiger partial charge is 0.379 e. The van der Waals surface area contributed by atoms with Crippen molar-refractivity contribution in [2.75, 3.05) is 43.6 Å². The molecule has 32 heavy (non-hydrogen) atoms. The smallest absolute Gasteiger partial charge is 0.190 e. The lowest BCUT2D eigenvalue weighted by Crippen LogP contribution is -2.35. The third kappa shape index (κ3) is 4.72. The Morgan fingerprint density at radius 1 is 1.03 bits per heavy atom. The van der Waals surface area contributed by atoms with Crippen molar-refractivity contribution < 1.29 is 4.74 Å². The number of aryl methyl sites for hydroxylation is 1. The lowest BCUT2D eigenvalue weighted by atomic mass is 10.2. The van der Waals surface area contributed by atoms with Gasteiger partial charge in [-0.2, -0.15) is 0 Å². The van der Waals surface area contributed by atoms with Crippen LogP contribution in [0, 0.1) is 6.92 Å². The van der Waals surface area contributed by atoms with E-state index >= 15 is 0 Å². The monoisotopic (exact) mass is 446 g/mol. The highest BCUT2D eigenvalue weighted by molar-refractivity contribution is 7.21. The van der Waals surface area contributed by atoms with Crippen LogP contribution < -0.4 is 10.2 Å². The first-order valence-electron chi connectivity index (χ1n) is 10.7. The molecule has 0 amide bonds. The van der Waals surface area contributed by atoms with E-state index in [4.69, 9.17) is 9.72 Å². The van der Waals surface area contributed by atoms with Gasteiger partial charge in [0.25, 0.3) is 0 Å². The van der Waals surface area contributed by atoms with E-state index in [1.165, 1.54) is 22.5 Å². The lowest BCUT2D eigenvalue weighted by molar-refractivity contribution is 0.0341. The topological polar surface area (TPSA) is 66.4 Å². The number of nitrogens with zero attached hydrogens (tertiary/aromatic N) is 5. The van der Waals surface area contributed by atoms with Crippen LogP contribution in [0.5, 0.6) is 0 Å². The maximum Gasteiger partial charge on any atom is 0.190 e. The fourth-order valence-corrected chi connectivity index (χ4v) is 4.51. The molecule has 1 N–H and O–H groups in total. The average molecular weight is 447 g/mol. The highest BCUT2D eigenvalue weighted by atomic mass is 32.1. The van der Waals surface area contributed by atoms with Crippen LogP contribution in [-0.2, 0) is 11.3 Å². The zero-order valence-electron chi connectivity index (χ0n) is 18.3. The Kier molecular flexibility index (Phi) is 5.98. The summed E-state index contributed by atoms with van der Waals surface area (Å²) in [5, 5.41) is 4.11. The molecule has 1 fully saturated rings. The molecule has 4 heterocycles. The van der Waals surface area contributed by atoms with Gasteiger partial charge in [0.15, 0.2) is 5.13 Å². The molecule has 0 radical (unpaired) electrons. The Bertz CT molecular complexity index is 1190. The summed E-state index contributed by atoms with van der Waals surface area (Å²) in [7, 11) is 2.03. The molecular formula is C24H26N6OS. The van der Waals surface area contributed by atoms with E-state index in [1.807, 2.05) is 31.4 Å². The van der Waals surface area contributed by atoms with Gasteiger partial charge in [0.2, 0.25) is 0 Å². The van der Waals surface area contributed by atoms with E-state index in [9.17, 15) is 0 Å². The minimum atomic E-state index is 0.784. The van der Waals surface area contributed by atoms with Crippen LogP contribution in [0.3, 0.4) is 0 Å². The zero-order valence-corrected chi connectivity index (χ0v) is 19.1. The van der Waals surface area contributed by atoms with Crippen molar-refractivity contribution in [2.24, 2.45) is 0 Å². The summed E-state index contributed by atoms with van der Waals surface area (Å²) in [4.78, 5) is 19.4. The Morgan fingerprint density at radius 2 is 1.84 bits per heavy atom. The SMILES string of the molecule is Cc1ccc(N(C)c2ccc3nc(Nc4ccc(CN5CCOCC5)cn4)sc3n2)cc1. The molecule has 5 rings (SSSR count). The van der Waals surface area contributed by atoms with Crippen LogP contribution in [0.1, 0.15) is 11.1 Å². The molecule has 0 bridgehead atoms. The Labute approximate surface area is 191 Å². The number of pyridine rings is 2. The van der Waals surface area contributed by atoms with Crippen LogP contribution >= 0.6 is 11.3 Å². The van der Waals surface area contributed by atoms with Crippen molar-refractivity contribution in [1.29, 1.82) is 0 Å². The number of morpholine rings is 1. The van der Waals surface area contributed by atoms with Crippen LogP contribution in [0.25, 0.3) is 10.3 Å². The molecule has 7 nitrogen and oxygen atoms in total. The molecule has 0 aliphatic carbocycles. The highest BCUT2D eigenvalue weighted by Crippen LogP contribution is 2.30. The van der Waals surface area contributed by atoms with E-state index in [1.54, 1.807) is 0 Å². The molecule has 0 saturated carbocycles. The molecule has 8 heteroatoms. The van der Waals surface area contributed by atoms with Crippen LogP contribution in [-0.4, -0.2) is 53.2 Å². The van der Waals surface area contributed by atoms with Gasteiger partial charge in [0.05, 0.1) is 13.2 Å². The maximum absolute atomic E-state index is 5.41. The first kappa shape index (κ1) is 20.8. The number of thiazole rings is 1. The highest BCUT2D eigenvalue weighted by Gasteiger charge is 2.12. The fourth-order valence-electron chi connectivity index (χ4n) is 3.67. The molecule has 3 aromatic heterocycles. The number of benzene rings is 1. The van der Waals surface area contributed by atoms with Gasteiger partial charge in [-0.1, -0.05) is 35.1 Å². The number of rotatable bonds is 6. The summed E-state index contributed by atoms with van der Waals surface area (Å²) in [6.45, 7) is 6.55. The molecule has 0 unspecified atom stereocenters. The standard InChI is InChI=1S/C24H26N6OS/c1-17-3-6-19(7-4-17)29(2)22-10-8-20-23(28-22)32-24(26-20)27-21-9-5-18(15-25-21)16-30-11-13-31-14-12-30/h3-10,15H,11-14,16H2,1-2H3,(H,25,26,27). The predicted molar refractivity (Wildman–Crippen MR) is 130 cm³/mol. The van der Waals surface area contributed by atoms with Gasteiger partial charge in [0.1, 0.15) is 22.0 Å². The van der Waals surface area contributed by atoms with E-state index in [0.29, 0.717) is 0 Å². The lowest BCUT2D eigenvalue weighted by Gasteiger charge is -2.26. The normalized spacial score (nSPS) is 14.6. The number of aromatic nitrogens is 3. The van der Waals surface area contributed by atoms with E-state index in [2.05, 4.69) is 62.3 Å². The van der Waals surface area contributed by atoms with Gasteiger partial charge in [-0.05, 0) is 42.8 Å². The second-order valence-electron chi connectivity index (χ2n) is 7.97. The first-order chi connectivity index (χ1) is 15.6. The minimum Gasteiger partial charge on any atom is -0.379 e. The van der Waals surface area contributed by atoms with Gasteiger partial charge >= 0.3 is 0 Å². The maximum atomic E-state index is 5.41. The molecule has 1 saturated heterocycles. The van der Waals surface area contributed by atoms with E-state index in [0.717, 1.165) is 65.6 Å². The molecule has 0 spiro atoms. The van der Waals surface area contributed by atoms with Gasteiger partial charge in [-0.25, -0.2) is 15.0 Å².